The van der Waals surface area contributed by atoms with Gasteiger partial charge in [0.15, 0.2) is 0 Å². The van der Waals surface area contributed by atoms with Gasteiger partial charge in [-0.2, -0.15) is 0 Å². The Labute approximate surface area is 122 Å². The summed E-state index contributed by atoms with van der Waals surface area (Å²) in [5, 5.41) is 2.66. The first-order valence-electron chi connectivity index (χ1n) is 6.47. The lowest BCUT2D eigenvalue weighted by Gasteiger charge is -2.20. The van der Waals surface area contributed by atoms with Crippen LogP contribution in [0.3, 0.4) is 0 Å². The fraction of sp³-hybridized carbons (Fsp3) is 0.429. The summed E-state index contributed by atoms with van der Waals surface area (Å²) in [7, 11) is 0. The van der Waals surface area contributed by atoms with Gasteiger partial charge in [-0.15, -0.1) is 11.3 Å². The van der Waals surface area contributed by atoms with E-state index < -0.39 is 0 Å². The van der Waals surface area contributed by atoms with Gasteiger partial charge in [0, 0.05) is 23.2 Å². The molecule has 0 aliphatic heterocycles. The fourth-order valence-corrected chi connectivity index (χ4v) is 3.18. The summed E-state index contributed by atoms with van der Waals surface area (Å²) in [6, 6.07) is 6.77. The molecule has 1 saturated carbocycles. The molecule has 5 heteroatoms. The van der Waals surface area contributed by atoms with Crippen molar-refractivity contribution in [3.63, 3.8) is 0 Å². The van der Waals surface area contributed by atoms with Crippen molar-refractivity contribution in [3.8, 4) is 0 Å². The van der Waals surface area contributed by atoms with Gasteiger partial charge in [0.25, 0.3) is 0 Å². The molecule has 0 N–H and O–H groups in total. The van der Waals surface area contributed by atoms with E-state index in [1.807, 2.05) is 6.92 Å². The van der Waals surface area contributed by atoms with E-state index in [-0.39, 0.29) is 0 Å². The van der Waals surface area contributed by atoms with E-state index in [1.165, 1.54) is 17.7 Å². The minimum atomic E-state index is 0.536. The number of halogens is 1. The number of hydrogen-bond acceptors (Lipinski definition) is 4. The zero-order chi connectivity index (χ0) is 13.2. The normalized spacial score (nSPS) is 15.1. The maximum absolute atomic E-state index is 6.00. The van der Waals surface area contributed by atoms with Crippen molar-refractivity contribution < 1.29 is 0 Å². The van der Waals surface area contributed by atoms with Crippen LogP contribution in [0.1, 0.15) is 29.2 Å². The molecule has 0 spiro atoms. The molecule has 1 aliphatic rings. The topological polar surface area (TPSA) is 29.0 Å². The average Bonchev–Trinajstić information content (AvgIpc) is 3.06. The van der Waals surface area contributed by atoms with Crippen molar-refractivity contribution in [2.45, 2.75) is 38.9 Å². The molecule has 1 fully saturated rings. The van der Waals surface area contributed by atoms with Crippen molar-refractivity contribution in [2.75, 3.05) is 0 Å². The highest BCUT2D eigenvalue weighted by Gasteiger charge is 2.29. The van der Waals surface area contributed by atoms with Crippen molar-refractivity contribution >= 4 is 22.9 Å². The summed E-state index contributed by atoms with van der Waals surface area (Å²) in [6.07, 6.45) is 2.57. The summed E-state index contributed by atoms with van der Waals surface area (Å²) in [5.74, 6) is 0.827. The molecule has 1 aliphatic carbocycles. The molecule has 0 amide bonds. The monoisotopic (exact) mass is 293 g/mol. The van der Waals surface area contributed by atoms with Crippen LogP contribution in [0.5, 0.6) is 0 Å². The molecular weight excluding hydrogens is 278 g/mol. The fourth-order valence-electron chi connectivity index (χ4n) is 2.20. The van der Waals surface area contributed by atoms with Gasteiger partial charge >= 0.3 is 0 Å². The average molecular weight is 294 g/mol. The van der Waals surface area contributed by atoms with Crippen LogP contribution in [0.15, 0.2) is 23.6 Å². The minimum absolute atomic E-state index is 0.536. The van der Waals surface area contributed by atoms with Crippen molar-refractivity contribution in [1.82, 2.24) is 14.9 Å². The number of hydrogen-bond donors (Lipinski definition) is 0. The van der Waals surface area contributed by atoms with Gasteiger partial charge in [-0.05, 0) is 37.3 Å². The van der Waals surface area contributed by atoms with Gasteiger partial charge in [-0.25, -0.2) is 9.97 Å². The molecule has 100 valence electrons. The molecule has 3 rings (SSSR count). The van der Waals surface area contributed by atoms with Gasteiger partial charge in [-0.1, -0.05) is 17.7 Å². The largest absolute Gasteiger partial charge is 0.288 e. The third-order valence-electron chi connectivity index (χ3n) is 3.22. The highest BCUT2D eigenvalue weighted by molar-refractivity contribution is 7.09. The quantitative estimate of drug-likeness (QED) is 0.788. The molecular formula is C14H16ClN3S. The Balaban J connectivity index is 1.74. The van der Waals surface area contributed by atoms with E-state index in [2.05, 4.69) is 32.4 Å². The van der Waals surface area contributed by atoms with Crippen LogP contribution in [0.4, 0.5) is 0 Å². The van der Waals surface area contributed by atoms with Crippen LogP contribution in [-0.2, 0) is 13.1 Å². The van der Waals surface area contributed by atoms with Gasteiger partial charge < -0.3 is 0 Å². The lowest BCUT2D eigenvalue weighted by Crippen LogP contribution is -2.25. The first kappa shape index (κ1) is 13.0. The molecule has 0 radical (unpaired) electrons. The van der Waals surface area contributed by atoms with Crippen molar-refractivity contribution in [2.24, 2.45) is 0 Å². The number of aromatic nitrogens is 2. The Morgan fingerprint density at radius 1 is 1.37 bits per heavy atom. The second-order valence-corrected chi connectivity index (χ2v) is 6.38. The lowest BCUT2D eigenvalue weighted by atomic mass is 10.3. The van der Waals surface area contributed by atoms with Crippen LogP contribution in [0, 0.1) is 6.92 Å². The lowest BCUT2D eigenvalue weighted by molar-refractivity contribution is 0.241. The zero-order valence-corrected chi connectivity index (χ0v) is 12.4. The highest BCUT2D eigenvalue weighted by Crippen LogP contribution is 2.30. The summed E-state index contributed by atoms with van der Waals surface area (Å²) in [4.78, 5) is 12.7. The molecule has 0 bridgehead atoms. The summed E-state index contributed by atoms with van der Waals surface area (Å²) >= 11 is 7.81. The first-order valence-corrected chi connectivity index (χ1v) is 7.73. The van der Waals surface area contributed by atoms with E-state index in [0.717, 1.165) is 24.6 Å². The summed E-state index contributed by atoms with van der Waals surface area (Å²) in [5.41, 5.74) is 0.932. The molecule has 3 nitrogen and oxygen atoms in total. The van der Waals surface area contributed by atoms with Crippen molar-refractivity contribution in [1.29, 1.82) is 0 Å². The Morgan fingerprint density at radius 3 is 2.84 bits per heavy atom. The molecule has 2 aromatic rings. The molecule has 19 heavy (non-hydrogen) atoms. The molecule has 0 saturated heterocycles. The molecule has 0 aromatic carbocycles. The van der Waals surface area contributed by atoms with Crippen LogP contribution in [0.2, 0.25) is 5.15 Å². The smallest absolute Gasteiger partial charge is 0.144 e. The van der Waals surface area contributed by atoms with Gasteiger partial charge in [0.1, 0.15) is 11.0 Å². The predicted molar refractivity (Wildman–Crippen MR) is 78.4 cm³/mol. The second-order valence-electron chi connectivity index (χ2n) is 4.96. The van der Waals surface area contributed by atoms with Crippen LogP contribution in [0.25, 0.3) is 0 Å². The molecule has 0 atom stereocenters. The van der Waals surface area contributed by atoms with Crippen LogP contribution >= 0.6 is 22.9 Å². The zero-order valence-electron chi connectivity index (χ0n) is 10.8. The SMILES string of the molecule is Cc1cc(Cl)nc(CN(Cc2cccs2)C2CC2)n1. The maximum Gasteiger partial charge on any atom is 0.144 e. The highest BCUT2D eigenvalue weighted by atomic mass is 35.5. The summed E-state index contributed by atoms with van der Waals surface area (Å²) < 4.78 is 0. The number of nitrogens with zero attached hydrogens (tertiary/aromatic N) is 3. The Hall–Kier alpha value is -0.970. The Morgan fingerprint density at radius 2 is 2.21 bits per heavy atom. The third-order valence-corrected chi connectivity index (χ3v) is 4.27. The first-order chi connectivity index (χ1) is 9.20. The molecule has 2 aromatic heterocycles. The standard InChI is InChI=1S/C14H16ClN3S/c1-10-7-13(15)17-14(16-10)9-18(11-4-5-11)8-12-3-2-6-19-12/h2-3,6-7,11H,4-5,8-9H2,1H3. The van der Waals surface area contributed by atoms with Crippen molar-refractivity contribution in [3.05, 3.63) is 45.1 Å². The third kappa shape index (κ3) is 3.53. The maximum atomic E-state index is 6.00. The Kier molecular flexibility index (Phi) is 3.82. The van der Waals surface area contributed by atoms with Gasteiger partial charge in [-0.3, -0.25) is 4.90 Å². The number of rotatable bonds is 5. The predicted octanol–water partition coefficient (Wildman–Crippen LogP) is 3.66. The Bertz CT molecular complexity index is 532. The minimum Gasteiger partial charge on any atom is -0.288 e. The number of thiophene rings is 1. The van der Waals surface area contributed by atoms with Crippen LogP contribution < -0.4 is 0 Å². The molecule has 0 unspecified atom stereocenters. The van der Waals surface area contributed by atoms with E-state index in [9.17, 15) is 0 Å². The number of aryl methyl sites for hydroxylation is 1. The summed E-state index contributed by atoms with van der Waals surface area (Å²) in [6.45, 7) is 3.72. The van der Waals surface area contributed by atoms with E-state index in [4.69, 9.17) is 11.6 Å². The molecule has 2 heterocycles. The van der Waals surface area contributed by atoms with Gasteiger partial charge in [0.2, 0.25) is 0 Å². The van der Waals surface area contributed by atoms with E-state index >= 15 is 0 Å². The van der Waals surface area contributed by atoms with Crippen LogP contribution in [-0.4, -0.2) is 20.9 Å². The van der Waals surface area contributed by atoms with E-state index in [1.54, 1.807) is 17.4 Å². The van der Waals surface area contributed by atoms with Gasteiger partial charge in [0.05, 0.1) is 6.54 Å². The van der Waals surface area contributed by atoms with E-state index in [0.29, 0.717) is 11.2 Å². The second kappa shape index (κ2) is 5.57.